The average Bonchev–Trinajstić information content (AvgIpc) is 2.59. The Morgan fingerprint density at radius 2 is 2.00 bits per heavy atom. The first-order chi connectivity index (χ1) is 12.8. The average molecular weight is 436 g/mol. The maximum atomic E-state index is 13.7. The Balaban J connectivity index is 1.83. The van der Waals surface area contributed by atoms with Crippen LogP contribution < -0.4 is 21.7 Å². The summed E-state index contributed by atoms with van der Waals surface area (Å²) in [5.74, 6) is -1.49. The van der Waals surface area contributed by atoms with Crippen LogP contribution in [0, 0.1) is 11.2 Å². The van der Waals surface area contributed by atoms with Crippen LogP contribution in [0.25, 0.3) is 0 Å². The third kappa shape index (κ3) is 6.07. The normalized spacial score (nSPS) is 11.4. The molecule has 0 fully saturated rings. The van der Waals surface area contributed by atoms with Crippen molar-refractivity contribution in [1.29, 1.82) is 5.41 Å². The number of amides is 3. The summed E-state index contributed by atoms with van der Waals surface area (Å²) in [5, 5.41) is 14.8. The summed E-state index contributed by atoms with van der Waals surface area (Å²) in [5.41, 5.74) is 6.28. The fraction of sp³-hybridized carbons (Fsp3) is 0.167. The molecule has 0 heterocycles. The molecule has 6 N–H and O–H groups in total. The molecule has 0 radical (unpaired) electrons. The topological polar surface area (TPSA) is 120 Å². The SMILES string of the molecule is C[C@H](NC(=O)CNC(=O)Nc1ccc(C(=N)N)c(F)c1)c1cccc(Br)c1. The van der Waals surface area contributed by atoms with Gasteiger partial charge in [-0.3, -0.25) is 10.2 Å². The van der Waals surface area contributed by atoms with Crippen LogP contribution in [0.15, 0.2) is 46.9 Å². The second kappa shape index (κ2) is 9.13. The number of amidine groups is 1. The molecule has 0 aliphatic carbocycles. The molecular formula is C18H19BrFN5O2. The summed E-state index contributed by atoms with van der Waals surface area (Å²) in [6.45, 7) is 1.59. The van der Waals surface area contributed by atoms with Crippen LogP contribution in [0.5, 0.6) is 0 Å². The Bertz CT molecular complexity index is 875. The number of rotatable bonds is 6. The monoisotopic (exact) mass is 435 g/mol. The molecule has 1 atom stereocenters. The van der Waals surface area contributed by atoms with Crippen LogP contribution in [-0.4, -0.2) is 24.3 Å². The smallest absolute Gasteiger partial charge is 0.319 e. The van der Waals surface area contributed by atoms with Crippen molar-refractivity contribution in [2.75, 3.05) is 11.9 Å². The molecule has 0 saturated heterocycles. The molecule has 0 bridgehead atoms. The molecule has 142 valence electrons. The molecule has 0 spiro atoms. The van der Waals surface area contributed by atoms with Gasteiger partial charge in [0, 0.05) is 10.2 Å². The third-order valence-electron chi connectivity index (χ3n) is 3.65. The van der Waals surface area contributed by atoms with Gasteiger partial charge >= 0.3 is 6.03 Å². The van der Waals surface area contributed by atoms with E-state index >= 15 is 0 Å². The van der Waals surface area contributed by atoms with E-state index in [-0.39, 0.29) is 29.7 Å². The Morgan fingerprint density at radius 3 is 2.63 bits per heavy atom. The van der Waals surface area contributed by atoms with Gasteiger partial charge < -0.3 is 21.7 Å². The van der Waals surface area contributed by atoms with E-state index in [0.29, 0.717) is 0 Å². The number of halogens is 2. The first-order valence-corrected chi connectivity index (χ1v) is 8.79. The minimum atomic E-state index is -0.721. The number of benzene rings is 2. The van der Waals surface area contributed by atoms with Crippen molar-refractivity contribution in [3.05, 3.63) is 63.9 Å². The maximum Gasteiger partial charge on any atom is 0.319 e. The van der Waals surface area contributed by atoms with Gasteiger partial charge in [-0.05, 0) is 42.8 Å². The molecule has 0 aliphatic heterocycles. The predicted octanol–water partition coefficient (Wildman–Crippen LogP) is 2.87. The lowest BCUT2D eigenvalue weighted by molar-refractivity contribution is -0.120. The summed E-state index contributed by atoms with van der Waals surface area (Å²) in [7, 11) is 0. The third-order valence-corrected chi connectivity index (χ3v) is 4.15. The largest absolute Gasteiger partial charge is 0.384 e. The standard InChI is InChI=1S/C18H19BrFN5O2/c1-10(11-3-2-4-12(19)7-11)24-16(26)9-23-18(27)25-13-5-6-14(17(21)22)15(20)8-13/h2-8,10H,9H2,1H3,(H3,21,22)(H,24,26)(H2,23,25,27)/t10-/m0/s1. The van der Waals surface area contributed by atoms with E-state index in [9.17, 15) is 14.0 Å². The second-order valence-corrected chi connectivity index (χ2v) is 6.68. The zero-order valence-electron chi connectivity index (χ0n) is 14.5. The first-order valence-electron chi connectivity index (χ1n) is 8.00. The molecule has 3 amide bonds. The summed E-state index contributed by atoms with van der Waals surface area (Å²) >= 11 is 3.37. The van der Waals surface area contributed by atoms with Gasteiger partial charge in [0.15, 0.2) is 0 Å². The van der Waals surface area contributed by atoms with Gasteiger partial charge in [-0.15, -0.1) is 0 Å². The summed E-state index contributed by atoms with van der Waals surface area (Å²) in [4.78, 5) is 23.8. The Hall–Kier alpha value is -2.94. The van der Waals surface area contributed by atoms with Gasteiger partial charge in [0.05, 0.1) is 18.2 Å². The van der Waals surface area contributed by atoms with Crippen molar-refractivity contribution in [2.24, 2.45) is 5.73 Å². The molecule has 9 heteroatoms. The molecule has 27 heavy (non-hydrogen) atoms. The van der Waals surface area contributed by atoms with Gasteiger partial charge in [0.1, 0.15) is 11.7 Å². The lowest BCUT2D eigenvalue weighted by Crippen LogP contribution is -2.39. The molecule has 0 aromatic heterocycles. The summed E-state index contributed by atoms with van der Waals surface area (Å²) in [6.07, 6.45) is 0. The van der Waals surface area contributed by atoms with Gasteiger partial charge in [-0.2, -0.15) is 0 Å². The van der Waals surface area contributed by atoms with Crippen molar-refractivity contribution in [3.8, 4) is 0 Å². The highest BCUT2D eigenvalue weighted by Crippen LogP contribution is 2.17. The van der Waals surface area contributed by atoms with Crippen molar-refractivity contribution in [3.63, 3.8) is 0 Å². The fourth-order valence-electron chi connectivity index (χ4n) is 2.30. The summed E-state index contributed by atoms with van der Waals surface area (Å²) in [6, 6.07) is 10.4. The highest BCUT2D eigenvalue weighted by Gasteiger charge is 2.12. The Morgan fingerprint density at radius 1 is 1.26 bits per heavy atom. The molecular weight excluding hydrogens is 417 g/mol. The molecule has 7 nitrogen and oxygen atoms in total. The van der Waals surface area contributed by atoms with Gasteiger partial charge in [-0.1, -0.05) is 28.1 Å². The highest BCUT2D eigenvalue weighted by molar-refractivity contribution is 9.10. The number of carbonyl (C=O) groups is 2. The van der Waals surface area contributed by atoms with Crippen molar-refractivity contribution >= 4 is 39.4 Å². The van der Waals surface area contributed by atoms with Crippen LogP contribution in [0.3, 0.4) is 0 Å². The van der Waals surface area contributed by atoms with E-state index in [1.165, 1.54) is 12.1 Å². The molecule has 2 aromatic rings. The van der Waals surface area contributed by atoms with Gasteiger partial charge in [0.2, 0.25) is 5.91 Å². The van der Waals surface area contributed by atoms with Crippen molar-refractivity contribution in [2.45, 2.75) is 13.0 Å². The quantitative estimate of drug-likeness (QED) is 0.354. The molecule has 0 aliphatic rings. The number of nitrogens with two attached hydrogens (primary N) is 1. The Labute approximate surface area is 164 Å². The number of hydrogen-bond donors (Lipinski definition) is 5. The molecule has 0 unspecified atom stereocenters. The van der Waals surface area contributed by atoms with E-state index in [2.05, 4.69) is 31.9 Å². The van der Waals surface area contributed by atoms with E-state index in [1.54, 1.807) is 0 Å². The van der Waals surface area contributed by atoms with Crippen molar-refractivity contribution < 1.29 is 14.0 Å². The minimum absolute atomic E-state index is 0.0538. The lowest BCUT2D eigenvalue weighted by Gasteiger charge is -2.15. The van der Waals surface area contributed by atoms with Crippen LogP contribution in [0.2, 0.25) is 0 Å². The number of urea groups is 1. The first kappa shape index (κ1) is 20.4. The molecule has 2 rings (SSSR count). The second-order valence-electron chi connectivity index (χ2n) is 5.76. The van der Waals surface area contributed by atoms with E-state index in [0.717, 1.165) is 16.1 Å². The zero-order valence-corrected chi connectivity index (χ0v) is 16.1. The lowest BCUT2D eigenvalue weighted by atomic mass is 10.1. The van der Waals surface area contributed by atoms with Crippen LogP contribution in [-0.2, 0) is 4.79 Å². The van der Waals surface area contributed by atoms with Crippen LogP contribution >= 0.6 is 15.9 Å². The number of nitrogens with one attached hydrogen (secondary N) is 4. The van der Waals surface area contributed by atoms with E-state index in [4.69, 9.17) is 11.1 Å². The van der Waals surface area contributed by atoms with Gasteiger partial charge in [0.25, 0.3) is 0 Å². The number of hydrogen-bond acceptors (Lipinski definition) is 3. The molecule has 0 saturated carbocycles. The Kier molecular flexibility index (Phi) is 6.89. The minimum Gasteiger partial charge on any atom is -0.384 e. The van der Waals surface area contributed by atoms with E-state index in [1.807, 2.05) is 31.2 Å². The number of carbonyl (C=O) groups excluding carboxylic acids is 2. The van der Waals surface area contributed by atoms with Crippen LogP contribution in [0.1, 0.15) is 24.1 Å². The zero-order chi connectivity index (χ0) is 20.0. The molecule has 2 aromatic carbocycles. The number of nitrogen functional groups attached to an aromatic ring is 1. The van der Waals surface area contributed by atoms with Gasteiger partial charge in [-0.25, -0.2) is 9.18 Å². The van der Waals surface area contributed by atoms with Crippen LogP contribution in [0.4, 0.5) is 14.9 Å². The van der Waals surface area contributed by atoms with E-state index < -0.39 is 17.7 Å². The van der Waals surface area contributed by atoms with Crippen molar-refractivity contribution in [1.82, 2.24) is 10.6 Å². The predicted molar refractivity (Wildman–Crippen MR) is 105 cm³/mol. The summed E-state index contributed by atoms with van der Waals surface area (Å²) < 4.78 is 14.6. The number of anilines is 1. The fourth-order valence-corrected chi connectivity index (χ4v) is 2.72. The maximum absolute atomic E-state index is 13.7. The highest BCUT2D eigenvalue weighted by atomic mass is 79.9.